The van der Waals surface area contributed by atoms with E-state index in [2.05, 4.69) is 5.32 Å². The highest BCUT2D eigenvalue weighted by Gasteiger charge is 2.30. The number of ether oxygens (including phenoxy) is 1. The van der Waals surface area contributed by atoms with Gasteiger partial charge in [0.05, 0.1) is 24.2 Å². The number of hydrogen-bond donors (Lipinski definition) is 1. The first-order valence-electron chi connectivity index (χ1n) is 7.24. The van der Waals surface area contributed by atoms with Crippen molar-refractivity contribution in [2.24, 2.45) is 0 Å². The number of nitro benzene ring substituents is 1. The van der Waals surface area contributed by atoms with Crippen LogP contribution in [0, 0.1) is 10.1 Å². The van der Waals surface area contributed by atoms with E-state index in [4.69, 9.17) is 4.74 Å². The number of benzene rings is 1. The molecule has 116 valence electrons. The predicted molar refractivity (Wildman–Crippen MR) is 80.8 cm³/mol. The van der Waals surface area contributed by atoms with E-state index in [-0.39, 0.29) is 17.6 Å². The predicted octanol–water partition coefficient (Wildman–Crippen LogP) is 1.25. The molecular weight excluding hydrogens is 286 g/mol. The van der Waals surface area contributed by atoms with Gasteiger partial charge in [-0.15, -0.1) is 0 Å². The van der Waals surface area contributed by atoms with Crippen LogP contribution in [0.5, 0.6) is 0 Å². The molecule has 22 heavy (non-hydrogen) atoms. The molecule has 3 rings (SSSR count). The number of amides is 1. The van der Waals surface area contributed by atoms with Crippen LogP contribution in [-0.2, 0) is 9.53 Å². The highest BCUT2D eigenvalue weighted by molar-refractivity contribution is 6.07. The number of carbonyl (C=O) groups excluding carboxylic acids is 1. The number of nitrogens with one attached hydrogen (secondary N) is 1. The molecule has 1 N–H and O–H groups in total. The molecule has 2 aliphatic rings. The Hall–Kier alpha value is -2.25. The number of carbonyl (C=O) groups is 1. The highest BCUT2D eigenvalue weighted by atomic mass is 16.6. The molecule has 1 saturated heterocycles. The third-order valence-electron chi connectivity index (χ3n) is 3.88. The lowest BCUT2D eigenvalue weighted by Crippen LogP contribution is -2.48. The molecule has 0 saturated carbocycles. The molecule has 0 bridgehead atoms. The lowest BCUT2D eigenvalue weighted by Gasteiger charge is -2.32. The van der Waals surface area contributed by atoms with Crippen molar-refractivity contribution < 1.29 is 14.5 Å². The summed E-state index contributed by atoms with van der Waals surface area (Å²) in [5.41, 5.74) is 1.41. The van der Waals surface area contributed by atoms with E-state index in [0.29, 0.717) is 31.0 Å². The zero-order valence-corrected chi connectivity index (χ0v) is 12.0. The zero-order chi connectivity index (χ0) is 15.5. The van der Waals surface area contributed by atoms with Crippen molar-refractivity contribution in [2.45, 2.75) is 12.5 Å². The molecule has 2 heterocycles. The van der Waals surface area contributed by atoms with Crippen LogP contribution in [0.3, 0.4) is 0 Å². The molecule has 1 aromatic rings. The second-order valence-electron chi connectivity index (χ2n) is 5.26. The fourth-order valence-corrected chi connectivity index (χ4v) is 2.75. The summed E-state index contributed by atoms with van der Waals surface area (Å²) < 4.78 is 5.42. The van der Waals surface area contributed by atoms with E-state index in [1.165, 1.54) is 12.1 Å². The van der Waals surface area contributed by atoms with Gasteiger partial charge in [0.1, 0.15) is 0 Å². The first-order chi connectivity index (χ1) is 10.7. The quantitative estimate of drug-likeness (QED) is 0.671. The monoisotopic (exact) mass is 303 g/mol. The second-order valence-corrected chi connectivity index (χ2v) is 5.26. The first kappa shape index (κ1) is 14.7. The Morgan fingerprint density at radius 3 is 2.73 bits per heavy atom. The largest absolute Gasteiger partial charge is 0.378 e. The van der Waals surface area contributed by atoms with Gasteiger partial charge in [0.2, 0.25) is 0 Å². The molecule has 1 amide bonds. The summed E-state index contributed by atoms with van der Waals surface area (Å²) in [7, 11) is 0. The Morgan fingerprint density at radius 2 is 2.09 bits per heavy atom. The summed E-state index contributed by atoms with van der Waals surface area (Å²) in [5.74, 6) is -0.0666. The van der Waals surface area contributed by atoms with Crippen LogP contribution in [0.2, 0.25) is 0 Å². The minimum Gasteiger partial charge on any atom is -0.378 e. The average Bonchev–Trinajstić information content (AvgIpc) is 2.56. The standard InChI is InChI=1S/C15H17N3O4/c19-15-13(14-10-22-9-7-16-14)2-1-8-17(15)11-3-5-12(6-4-11)18(20)21/h2-6,14,16H,1,7-10H2. The summed E-state index contributed by atoms with van der Waals surface area (Å²) >= 11 is 0. The number of nitro groups is 1. The number of rotatable bonds is 3. The van der Waals surface area contributed by atoms with Gasteiger partial charge in [0, 0.05) is 36.5 Å². The van der Waals surface area contributed by atoms with Gasteiger partial charge < -0.3 is 15.0 Å². The van der Waals surface area contributed by atoms with Gasteiger partial charge in [-0.05, 0) is 18.6 Å². The Balaban J connectivity index is 1.79. The molecule has 0 spiro atoms. The number of nitrogens with zero attached hydrogens (tertiary/aromatic N) is 2. The smallest absolute Gasteiger partial charge is 0.269 e. The van der Waals surface area contributed by atoms with Crippen LogP contribution in [0.25, 0.3) is 0 Å². The van der Waals surface area contributed by atoms with Crippen LogP contribution >= 0.6 is 0 Å². The van der Waals surface area contributed by atoms with Crippen LogP contribution in [0.4, 0.5) is 11.4 Å². The van der Waals surface area contributed by atoms with E-state index in [0.717, 1.165) is 13.0 Å². The Kier molecular flexibility index (Phi) is 4.17. The van der Waals surface area contributed by atoms with E-state index in [1.54, 1.807) is 17.0 Å². The Labute approximate surface area is 127 Å². The minimum absolute atomic E-state index is 0.0197. The van der Waals surface area contributed by atoms with Crippen molar-refractivity contribution in [3.05, 3.63) is 46.0 Å². The molecule has 7 heteroatoms. The van der Waals surface area contributed by atoms with Crippen molar-refractivity contribution in [1.82, 2.24) is 5.32 Å². The van der Waals surface area contributed by atoms with Gasteiger partial charge in [-0.1, -0.05) is 6.08 Å². The summed E-state index contributed by atoms with van der Waals surface area (Å²) in [6.07, 6.45) is 2.72. The number of non-ortho nitro benzene ring substituents is 1. The van der Waals surface area contributed by atoms with Gasteiger partial charge in [0.15, 0.2) is 0 Å². The van der Waals surface area contributed by atoms with E-state index >= 15 is 0 Å². The van der Waals surface area contributed by atoms with Crippen molar-refractivity contribution in [3.8, 4) is 0 Å². The van der Waals surface area contributed by atoms with Crippen molar-refractivity contribution >= 4 is 17.3 Å². The maximum absolute atomic E-state index is 12.7. The first-order valence-corrected chi connectivity index (χ1v) is 7.24. The molecular formula is C15H17N3O4. The molecule has 1 atom stereocenters. The van der Waals surface area contributed by atoms with Gasteiger partial charge in [-0.25, -0.2) is 0 Å². The van der Waals surface area contributed by atoms with E-state index in [9.17, 15) is 14.9 Å². The number of morpholine rings is 1. The molecule has 0 radical (unpaired) electrons. The summed E-state index contributed by atoms with van der Waals surface area (Å²) in [6, 6.07) is 5.99. The van der Waals surface area contributed by atoms with Crippen molar-refractivity contribution in [1.29, 1.82) is 0 Å². The minimum atomic E-state index is -0.448. The van der Waals surface area contributed by atoms with Crippen LogP contribution in [0.15, 0.2) is 35.9 Å². The van der Waals surface area contributed by atoms with E-state index in [1.807, 2.05) is 6.08 Å². The zero-order valence-electron chi connectivity index (χ0n) is 12.0. The topological polar surface area (TPSA) is 84.7 Å². The fourth-order valence-electron chi connectivity index (χ4n) is 2.75. The molecule has 7 nitrogen and oxygen atoms in total. The lowest BCUT2D eigenvalue weighted by atomic mass is 10.00. The molecule has 2 aliphatic heterocycles. The lowest BCUT2D eigenvalue weighted by molar-refractivity contribution is -0.384. The van der Waals surface area contributed by atoms with Gasteiger partial charge in [-0.2, -0.15) is 0 Å². The number of anilines is 1. The van der Waals surface area contributed by atoms with Gasteiger partial charge in [0.25, 0.3) is 11.6 Å². The number of hydrogen-bond acceptors (Lipinski definition) is 5. The third kappa shape index (κ3) is 2.86. The molecule has 1 aromatic carbocycles. The molecule has 0 aliphatic carbocycles. The Bertz CT molecular complexity index is 606. The SMILES string of the molecule is O=C1C(C2COCCN2)=CCCN1c1ccc([N+](=O)[O-])cc1. The fraction of sp³-hybridized carbons (Fsp3) is 0.400. The second kappa shape index (κ2) is 6.25. The van der Waals surface area contributed by atoms with Gasteiger partial charge >= 0.3 is 0 Å². The summed E-state index contributed by atoms with van der Waals surface area (Å²) in [4.78, 5) is 24.6. The summed E-state index contributed by atoms with van der Waals surface area (Å²) in [6.45, 7) is 2.45. The Morgan fingerprint density at radius 1 is 1.32 bits per heavy atom. The maximum atomic E-state index is 12.7. The normalized spacial score (nSPS) is 22.4. The van der Waals surface area contributed by atoms with Crippen molar-refractivity contribution in [3.63, 3.8) is 0 Å². The molecule has 0 aromatic heterocycles. The van der Waals surface area contributed by atoms with Gasteiger partial charge in [-0.3, -0.25) is 14.9 Å². The maximum Gasteiger partial charge on any atom is 0.269 e. The van der Waals surface area contributed by atoms with Crippen LogP contribution in [0.1, 0.15) is 6.42 Å². The van der Waals surface area contributed by atoms with Crippen LogP contribution in [-0.4, -0.2) is 43.2 Å². The van der Waals surface area contributed by atoms with E-state index < -0.39 is 4.92 Å². The molecule has 1 fully saturated rings. The third-order valence-corrected chi connectivity index (χ3v) is 3.88. The average molecular weight is 303 g/mol. The molecule has 1 unspecified atom stereocenters. The highest BCUT2D eigenvalue weighted by Crippen LogP contribution is 2.25. The van der Waals surface area contributed by atoms with Crippen molar-refractivity contribution in [2.75, 3.05) is 31.2 Å². The van der Waals surface area contributed by atoms with Crippen LogP contribution < -0.4 is 10.2 Å². The summed E-state index contributed by atoms with van der Waals surface area (Å²) in [5, 5.41) is 14.0.